The minimum absolute atomic E-state index is 0.0593. The Kier molecular flexibility index (Phi) is 10.6. The Labute approximate surface area is 291 Å². The number of fused-ring (bicyclic) bond motifs is 2. The lowest BCUT2D eigenvalue weighted by atomic mass is 10.1. The third-order valence-corrected chi connectivity index (χ3v) is 10.1. The van der Waals surface area contributed by atoms with E-state index in [4.69, 9.17) is 37.5 Å². The Morgan fingerprint density at radius 3 is 2.51 bits per heavy atom. The van der Waals surface area contributed by atoms with Crippen LogP contribution in [-0.2, 0) is 37.5 Å². The number of nitrogens with one attached hydrogen (secondary N) is 2. The molecule has 3 aliphatic heterocycles. The number of amides is 1. The number of hydrogen-bond acceptors (Lipinski definition) is 15. The van der Waals surface area contributed by atoms with E-state index in [1.54, 1.807) is 53.9 Å². The molecule has 1 unspecified atom stereocenters. The van der Waals surface area contributed by atoms with Gasteiger partial charge < -0.3 is 42.8 Å². The highest BCUT2D eigenvalue weighted by Gasteiger charge is 2.52. The van der Waals surface area contributed by atoms with Gasteiger partial charge in [-0.25, -0.2) is 24.4 Å². The highest BCUT2D eigenvalue weighted by molar-refractivity contribution is 7.44. The first-order valence-electron chi connectivity index (χ1n) is 16.0. The van der Waals surface area contributed by atoms with Crippen molar-refractivity contribution in [3.05, 3.63) is 81.7 Å². The molecular weight excluding hydrogens is 691 g/mol. The molecule has 272 valence electrons. The molecule has 51 heavy (non-hydrogen) atoms. The van der Waals surface area contributed by atoms with Gasteiger partial charge in [-0.15, -0.1) is 0 Å². The quantitative estimate of drug-likeness (QED) is 0.185. The molecule has 3 saturated heterocycles. The fourth-order valence-electron chi connectivity index (χ4n) is 6.26. The van der Waals surface area contributed by atoms with E-state index in [9.17, 15) is 14.4 Å². The van der Waals surface area contributed by atoms with E-state index < -0.39 is 68.9 Å². The summed E-state index contributed by atoms with van der Waals surface area (Å²) in [4.78, 5) is 52.6. The third kappa shape index (κ3) is 7.10. The summed E-state index contributed by atoms with van der Waals surface area (Å²) in [5.74, 6) is -0.0776. The fourth-order valence-corrected chi connectivity index (χ4v) is 7.48. The smallest absolute Gasteiger partial charge is 0.330 e. The number of carbonyl (C=O) groups is 1. The van der Waals surface area contributed by atoms with Crippen molar-refractivity contribution < 1.29 is 42.3 Å². The van der Waals surface area contributed by atoms with Gasteiger partial charge in [0.2, 0.25) is 0 Å². The van der Waals surface area contributed by atoms with E-state index in [1.165, 1.54) is 37.4 Å². The van der Waals surface area contributed by atoms with Crippen LogP contribution < -0.4 is 16.6 Å². The van der Waals surface area contributed by atoms with Gasteiger partial charge >= 0.3 is 5.69 Å². The Morgan fingerprint density at radius 1 is 0.980 bits per heavy atom. The van der Waals surface area contributed by atoms with Crippen LogP contribution >= 0.6 is 8.53 Å². The van der Waals surface area contributed by atoms with Crippen LogP contribution in [-0.4, -0.2) is 125 Å². The molecule has 0 spiro atoms. The summed E-state index contributed by atoms with van der Waals surface area (Å²) in [6.07, 6.45) is -1.03. The maximum absolute atomic E-state index is 12.8. The standard InChI is InChI=1S/C31H37N8O11P/c1-37(2)51(50-23-18(12-43-3)48-29(24(23)44-4)38-11-10-20(40)35-31(38)42)47-13-19-22-25(46-16-45-22)30(49-19)39-15-34-21-26(32-14-33-27(21)39)36-28(41)17-8-6-5-7-9-17/h5-11,14-15,18-19,22-25,29-30H,12-13,16H2,1-4H3,(H,35,40,42)(H,32,33,36,41)/t18-,19-,22-,23-,24-,25-,29-,30-,51?/m1/s1. The van der Waals surface area contributed by atoms with Gasteiger partial charge in [0.15, 0.2) is 29.4 Å². The zero-order chi connectivity index (χ0) is 35.6. The Balaban J connectivity index is 1.06. The van der Waals surface area contributed by atoms with Crippen LogP contribution in [0.5, 0.6) is 0 Å². The third-order valence-electron chi connectivity index (χ3n) is 8.61. The molecule has 3 aromatic heterocycles. The molecule has 3 aliphatic rings. The van der Waals surface area contributed by atoms with Crippen molar-refractivity contribution in [1.82, 2.24) is 33.7 Å². The van der Waals surface area contributed by atoms with Gasteiger partial charge in [0, 0.05) is 32.0 Å². The lowest BCUT2D eigenvalue weighted by molar-refractivity contribution is -0.107. The molecule has 9 atom stereocenters. The second kappa shape index (κ2) is 15.3. The van der Waals surface area contributed by atoms with E-state index in [1.807, 2.05) is 6.07 Å². The Morgan fingerprint density at radius 2 is 1.76 bits per heavy atom. The number of aromatic amines is 1. The molecule has 1 amide bonds. The summed E-state index contributed by atoms with van der Waals surface area (Å²) in [6, 6.07) is 10.0. The molecule has 2 N–H and O–H groups in total. The fraction of sp³-hybridized carbons (Fsp3) is 0.484. The summed E-state index contributed by atoms with van der Waals surface area (Å²) < 4.78 is 53.3. The van der Waals surface area contributed by atoms with Crippen LogP contribution in [0.2, 0.25) is 0 Å². The SMILES string of the molecule is COC[C@H]1O[C@@H](n2ccc(=O)[nH]c2=O)[C@H](OC)[C@@H]1OP(OC[C@H]1O[C@@H](n2cnc3c(NC(=O)c4ccccc4)ncnc32)[C@@H]2OCO[C@@H]21)N(C)C. The van der Waals surface area contributed by atoms with Crippen molar-refractivity contribution in [2.45, 2.75) is 49.1 Å². The number of rotatable bonds is 13. The van der Waals surface area contributed by atoms with Crippen molar-refractivity contribution in [2.75, 3.05) is 53.6 Å². The van der Waals surface area contributed by atoms with E-state index in [0.29, 0.717) is 16.7 Å². The van der Waals surface area contributed by atoms with Gasteiger partial charge in [-0.05, 0) is 26.2 Å². The maximum Gasteiger partial charge on any atom is 0.330 e. The largest absolute Gasteiger partial charge is 0.382 e. The molecule has 4 aromatic rings. The highest BCUT2D eigenvalue weighted by Crippen LogP contribution is 2.48. The van der Waals surface area contributed by atoms with Gasteiger partial charge in [-0.1, -0.05) is 18.2 Å². The monoisotopic (exact) mass is 728 g/mol. The first-order chi connectivity index (χ1) is 24.8. The van der Waals surface area contributed by atoms with Crippen molar-refractivity contribution in [3.63, 3.8) is 0 Å². The minimum Gasteiger partial charge on any atom is -0.382 e. The van der Waals surface area contributed by atoms with Crippen LogP contribution in [0, 0.1) is 0 Å². The normalized spacial score (nSPS) is 28.0. The molecule has 6 heterocycles. The first kappa shape index (κ1) is 35.4. The summed E-state index contributed by atoms with van der Waals surface area (Å²) in [7, 11) is 4.88. The zero-order valence-electron chi connectivity index (χ0n) is 28.1. The van der Waals surface area contributed by atoms with Crippen molar-refractivity contribution >= 4 is 31.4 Å². The van der Waals surface area contributed by atoms with Crippen LogP contribution in [0.4, 0.5) is 5.82 Å². The Hall–Kier alpha value is -4.01. The van der Waals surface area contributed by atoms with Crippen LogP contribution in [0.3, 0.4) is 0 Å². The molecule has 19 nitrogen and oxygen atoms in total. The average molecular weight is 729 g/mol. The number of ether oxygens (including phenoxy) is 6. The number of nitrogens with zero attached hydrogens (tertiary/aromatic N) is 6. The molecule has 0 aliphatic carbocycles. The van der Waals surface area contributed by atoms with Crippen LogP contribution in [0.1, 0.15) is 22.8 Å². The first-order valence-corrected chi connectivity index (χ1v) is 17.1. The minimum atomic E-state index is -1.74. The molecule has 0 bridgehead atoms. The maximum atomic E-state index is 12.8. The molecule has 7 rings (SSSR count). The lowest BCUT2D eigenvalue weighted by Crippen LogP contribution is -2.40. The van der Waals surface area contributed by atoms with Gasteiger partial charge in [-0.2, -0.15) is 0 Å². The predicted octanol–water partition coefficient (Wildman–Crippen LogP) is 1.02. The van der Waals surface area contributed by atoms with Crippen LogP contribution in [0.15, 0.2) is 64.8 Å². The predicted molar refractivity (Wildman–Crippen MR) is 178 cm³/mol. The topological polar surface area (TPSA) is 205 Å². The number of methoxy groups -OCH3 is 2. The van der Waals surface area contributed by atoms with Gasteiger partial charge in [0.05, 0.1) is 19.5 Å². The molecule has 0 saturated carbocycles. The van der Waals surface area contributed by atoms with Crippen molar-refractivity contribution in [2.24, 2.45) is 0 Å². The molecular formula is C31H37N8O11P. The summed E-state index contributed by atoms with van der Waals surface area (Å²) in [6.45, 7) is 0.260. The number of hydrogen-bond donors (Lipinski definition) is 2. The summed E-state index contributed by atoms with van der Waals surface area (Å²) >= 11 is 0. The number of anilines is 1. The Bertz CT molecular complexity index is 1940. The number of carbonyl (C=O) groups excluding carboxylic acids is 1. The zero-order valence-corrected chi connectivity index (χ0v) is 29.0. The van der Waals surface area contributed by atoms with Crippen molar-refractivity contribution in [3.8, 4) is 0 Å². The summed E-state index contributed by atoms with van der Waals surface area (Å²) in [5, 5.41) is 2.81. The van der Waals surface area contributed by atoms with Gasteiger partial charge in [0.25, 0.3) is 20.0 Å². The van der Waals surface area contributed by atoms with E-state index in [-0.39, 0.29) is 31.7 Å². The highest BCUT2D eigenvalue weighted by atomic mass is 31.2. The number of imidazole rings is 1. The molecule has 20 heteroatoms. The number of benzene rings is 1. The summed E-state index contributed by atoms with van der Waals surface area (Å²) in [5.41, 5.74) is 0.104. The van der Waals surface area contributed by atoms with E-state index >= 15 is 0 Å². The molecule has 1 aromatic carbocycles. The van der Waals surface area contributed by atoms with Gasteiger partial charge in [0.1, 0.15) is 49.7 Å². The van der Waals surface area contributed by atoms with E-state index in [2.05, 4.69) is 25.3 Å². The second-order valence-electron chi connectivity index (χ2n) is 12.0. The lowest BCUT2D eigenvalue weighted by Gasteiger charge is -2.30. The number of aromatic nitrogens is 6. The molecule has 3 fully saturated rings. The average Bonchev–Trinajstić information content (AvgIpc) is 3.91. The van der Waals surface area contributed by atoms with Crippen LogP contribution in [0.25, 0.3) is 11.2 Å². The van der Waals surface area contributed by atoms with E-state index in [0.717, 1.165) is 0 Å². The second-order valence-corrected chi connectivity index (χ2v) is 13.7. The molecule has 0 radical (unpaired) electrons. The van der Waals surface area contributed by atoms with Crippen molar-refractivity contribution in [1.29, 1.82) is 0 Å². The number of H-pyrrole nitrogens is 1. The van der Waals surface area contributed by atoms with Gasteiger partial charge in [-0.3, -0.25) is 23.7 Å².